The van der Waals surface area contributed by atoms with E-state index >= 15 is 0 Å². The molecule has 0 unspecified atom stereocenters. The second-order valence-electron chi connectivity index (χ2n) is 10.2. The molecule has 0 fully saturated rings. The highest BCUT2D eigenvalue weighted by Crippen LogP contribution is 2.36. The minimum absolute atomic E-state index is 0.0107. The molecule has 8 heteroatoms. The second-order valence-corrected chi connectivity index (χ2v) is 10.2. The smallest absolute Gasteiger partial charge is 0.271 e. The Morgan fingerprint density at radius 3 is 2.08 bits per heavy atom. The number of benzene rings is 3. The van der Waals surface area contributed by atoms with Crippen LogP contribution in [0.5, 0.6) is 0 Å². The Hall–Kier alpha value is -4.85. The number of nitro benzene ring substituents is 1. The van der Waals surface area contributed by atoms with Gasteiger partial charge in [-0.1, -0.05) is 69.3 Å². The molecule has 0 bridgehead atoms. The fraction of sp³-hybridized carbons (Fsp3) is 0.167. The number of imide groups is 1. The fourth-order valence-electron chi connectivity index (χ4n) is 4.83. The molecule has 3 aromatic carbocycles. The van der Waals surface area contributed by atoms with Gasteiger partial charge in [0.1, 0.15) is 5.69 Å². The average Bonchev–Trinajstić information content (AvgIpc) is 3.13. The third kappa shape index (κ3) is 4.20. The van der Waals surface area contributed by atoms with E-state index in [0.29, 0.717) is 11.3 Å². The van der Waals surface area contributed by atoms with Crippen LogP contribution < -0.4 is 5.56 Å². The zero-order valence-corrected chi connectivity index (χ0v) is 21.2. The molecule has 2 amide bonds. The minimum atomic E-state index is -0.571. The first-order valence-corrected chi connectivity index (χ1v) is 12.1. The molecule has 0 N–H and O–H groups in total. The third-order valence-electron chi connectivity index (χ3n) is 6.65. The van der Waals surface area contributed by atoms with Crippen molar-refractivity contribution in [2.24, 2.45) is 0 Å². The lowest BCUT2D eigenvalue weighted by Crippen LogP contribution is -2.31. The van der Waals surface area contributed by atoms with Gasteiger partial charge < -0.3 is 0 Å². The molecule has 0 radical (unpaired) electrons. The van der Waals surface area contributed by atoms with Gasteiger partial charge in [-0.05, 0) is 40.3 Å². The number of fused-ring (bicyclic) bond motifs is 1. The Balaban J connectivity index is 1.78. The summed E-state index contributed by atoms with van der Waals surface area (Å²) in [5.41, 5.74) is 1.97. The topological polar surface area (TPSA) is 103 Å². The molecule has 0 saturated heterocycles. The Labute approximate surface area is 218 Å². The molecule has 2 heterocycles. The number of non-ortho nitro benzene ring substituents is 1. The van der Waals surface area contributed by atoms with Gasteiger partial charge in [-0.2, -0.15) is 0 Å². The Bertz CT molecular complexity index is 1650. The molecule has 0 saturated carbocycles. The fourth-order valence-corrected chi connectivity index (χ4v) is 4.83. The highest BCUT2D eigenvalue weighted by atomic mass is 16.6. The number of nitrogens with zero attached hydrogens (tertiary/aromatic N) is 3. The van der Waals surface area contributed by atoms with Crippen LogP contribution in [-0.2, 0) is 12.0 Å². The lowest BCUT2D eigenvalue weighted by Gasteiger charge is -2.24. The minimum Gasteiger partial charge on any atom is -0.271 e. The number of amides is 2. The monoisotopic (exact) mass is 507 g/mol. The van der Waals surface area contributed by atoms with E-state index in [-0.39, 0.29) is 34.5 Å². The van der Waals surface area contributed by atoms with Crippen LogP contribution in [0.15, 0.2) is 89.7 Å². The second kappa shape index (κ2) is 9.23. The predicted octanol–water partition coefficient (Wildman–Crippen LogP) is 5.51. The number of aromatic nitrogens is 1. The summed E-state index contributed by atoms with van der Waals surface area (Å²) in [6.07, 6.45) is 0. The number of carbonyl (C=O) groups excluding carboxylic acids is 2. The van der Waals surface area contributed by atoms with Crippen molar-refractivity contribution in [2.75, 3.05) is 0 Å². The highest BCUT2D eigenvalue weighted by Gasteiger charge is 2.41. The van der Waals surface area contributed by atoms with Gasteiger partial charge in [0.2, 0.25) is 0 Å². The van der Waals surface area contributed by atoms with Gasteiger partial charge >= 0.3 is 0 Å². The van der Waals surface area contributed by atoms with Crippen molar-refractivity contribution >= 4 is 17.5 Å². The van der Waals surface area contributed by atoms with Crippen LogP contribution in [0.25, 0.3) is 16.8 Å². The Kier molecular flexibility index (Phi) is 6.03. The highest BCUT2D eigenvalue weighted by molar-refractivity contribution is 6.23. The van der Waals surface area contributed by atoms with Crippen molar-refractivity contribution in [3.63, 3.8) is 0 Å². The van der Waals surface area contributed by atoms with E-state index in [4.69, 9.17) is 0 Å². The molecule has 0 spiro atoms. The standard InChI is InChI=1S/C30H25N3O5/c1-30(2,3)23-11-7-8-12-24(23)32-25(34)17-22(20-13-15-21(16-14-20)33(37)38)26-27(32)29(36)31(28(26)35)18-19-9-5-4-6-10-19/h4-17H,18H2,1-3H3. The maximum absolute atomic E-state index is 13.9. The normalized spacial score (nSPS) is 13.1. The number of carbonyl (C=O) groups is 2. The van der Waals surface area contributed by atoms with Gasteiger partial charge in [-0.15, -0.1) is 0 Å². The van der Waals surface area contributed by atoms with Gasteiger partial charge in [0.15, 0.2) is 0 Å². The summed E-state index contributed by atoms with van der Waals surface area (Å²) >= 11 is 0. The molecular weight excluding hydrogens is 482 g/mol. The molecule has 4 aromatic rings. The maximum Gasteiger partial charge on any atom is 0.278 e. The van der Waals surface area contributed by atoms with Crippen molar-refractivity contribution in [3.05, 3.63) is 128 Å². The van der Waals surface area contributed by atoms with Gasteiger partial charge in [0.05, 0.1) is 22.7 Å². The van der Waals surface area contributed by atoms with Crippen LogP contribution >= 0.6 is 0 Å². The zero-order valence-electron chi connectivity index (χ0n) is 21.2. The first-order chi connectivity index (χ1) is 18.1. The van der Waals surface area contributed by atoms with Gasteiger partial charge in [-0.3, -0.25) is 34.0 Å². The van der Waals surface area contributed by atoms with E-state index < -0.39 is 22.3 Å². The summed E-state index contributed by atoms with van der Waals surface area (Å²) in [5.74, 6) is -1.09. The van der Waals surface area contributed by atoms with Crippen molar-refractivity contribution in [1.29, 1.82) is 0 Å². The summed E-state index contributed by atoms with van der Waals surface area (Å²) in [7, 11) is 0. The summed E-state index contributed by atoms with van der Waals surface area (Å²) in [5, 5.41) is 11.2. The number of para-hydroxylation sites is 1. The van der Waals surface area contributed by atoms with E-state index in [1.165, 1.54) is 34.9 Å². The van der Waals surface area contributed by atoms with E-state index in [0.717, 1.165) is 16.0 Å². The van der Waals surface area contributed by atoms with Gasteiger partial charge in [-0.25, -0.2) is 0 Å². The van der Waals surface area contributed by atoms with Crippen molar-refractivity contribution in [3.8, 4) is 16.8 Å². The van der Waals surface area contributed by atoms with Crippen molar-refractivity contribution in [2.45, 2.75) is 32.7 Å². The number of rotatable bonds is 5. The average molecular weight is 508 g/mol. The molecule has 38 heavy (non-hydrogen) atoms. The van der Waals surface area contributed by atoms with E-state index in [2.05, 4.69) is 0 Å². The van der Waals surface area contributed by atoms with Gasteiger partial charge in [0, 0.05) is 23.8 Å². The van der Waals surface area contributed by atoms with E-state index in [1.54, 1.807) is 12.1 Å². The Morgan fingerprint density at radius 1 is 0.816 bits per heavy atom. The number of pyridine rings is 1. The zero-order chi connectivity index (χ0) is 27.2. The SMILES string of the molecule is CC(C)(C)c1ccccc1-n1c2c(c(-c3ccc([N+](=O)[O-])cc3)cc1=O)C(=O)N(Cc1ccccc1)C2=O. The molecule has 190 valence electrons. The van der Waals surface area contributed by atoms with E-state index in [1.807, 2.05) is 63.2 Å². The first-order valence-electron chi connectivity index (χ1n) is 12.1. The quantitative estimate of drug-likeness (QED) is 0.201. The van der Waals surface area contributed by atoms with Crippen molar-refractivity contribution < 1.29 is 14.5 Å². The van der Waals surface area contributed by atoms with Crippen LogP contribution in [0.1, 0.15) is 52.7 Å². The lowest BCUT2D eigenvalue weighted by atomic mass is 9.85. The van der Waals surface area contributed by atoms with Crippen LogP contribution in [0.4, 0.5) is 5.69 Å². The van der Waals surface area contributed by atoms with Crippen LogP contribution in [0.2, 0.25) is 0 Å². The molecule has 8 nitrogen and oxygen atoms in total. The molecule has 1 aliphatic rings. The van der Waals surface area contributed by atoms with Crippen LogP contribution in [0.3, 0.4) is 0 Å². The third-order valence-corrected chi connectivity index (χ3v) is 6.65. The maximum atomic E-state index is 13.9. The van der Waals surface area contributed by atoms with Crippen molar-refractivity contribution in [1.82, 2.24) is 9.47 Å². The largest absolute Gasteiger partial charge is 0.278 e. The predicted molar refractivity (Wildman–Crippen MR) is 143 cm³/mol. The molecular formula is C30H25N3O5. The van der Waals surface area contributed by atoms with Crippen LogP contribution in [-0.4, -0.2) is 26.2 Å². The molecule has 5 rings (SSSR count). The summed E-state index contributed by atoms with van der Waals surface area (Å²) in [6, 6.07) is 23.4. The molecule has 0 atom stereocenters. The molecule has 1 aliphatic heterocycles. The number of hydrogen-bond donors (Lipinski definition) is 0. The number of hydrogen-bond acceptors (Lipinski definition) is 5. The summed E-state index contributed by atoms with van der Waals surface area (Å²) in [6.45, 7) is 6.08. The van der Waals surface area contributed by atoms with Crippen LogP contribution in [0, 0.1) is 10.1 Å². The lowest BCUT2D eigenvalue weighted by molar-refractivity contribution is -0.384. The summed E-state index contributed by atoms with van der Waals surface area (Å²) < 4.78 is 1.33. The van der Waals surface area contributed by atoms with Gasteiger partial charge in [0.25, 0.3) is 23.1 Å². The first kappa shape index (κ1) is 24.8. The number of nitro groups is 1. The summed E-state index contributed by atoms with van der Waals surface area (Å²) in [4.78, 5) is 53.2. The van der Waals surface area contributed by atoms with E-state index in [9.17, 15) is 24.5 Å². The molecule has 1 aromatic heterocycles. The molecule has 0 aliphatic carbocycles. The Morgan fingerprint density at radius 2 is 1.45 bits per heavy atom.